The summed E-state index contributed by atoms with van der Waals surface area (Å²) in [5, 5.41) is 30.7. The van der Waals surface area contributed by atoms with Crippen LogP contribution in [0.3, 0.4) is 0 Å². The molecule has 5 heteroatoms. The Kier molecular flexibility index (Phi) is 8.61. The van der Waals surface area contributed by atoms with Gasteiger partial charge in [0.15, 0.2) is 0 Å². The van der Waals surface area contributed by atoms with E-state index in [2.05, 4.69) is 18.3 Å². The van der Waals surface area contributed by atoms with Crippen LogP contribution in [0.5, 0.6) is 0 Å². The van der Waals surface area contributed by atoms with Gasteiger partial charge in [-0.15, -0.1) is 0 Å². The Bertz CT molecular complexity index is 245. The number of nitriles is 1. The summed E-state index contributed by atoms with van der Waals surface area (Å²) in [6.07, 6.45) is 1.06. The highest BCUT2D eigenvalue weighted by Crippen LogP contribution is 2.22. The van der Waals surface area contributed by atoms with Gasteiger partial charge in [0, 0.05) is 11.0 Å². The molecule has 0 saturated heterocycles. The summed E-state index contributed by atoms with van der Waals surface area (Å²) in [5.74, 6) is 0.507. The van der Waals surface area contributed by atoms with Crippen LogP contribution in [0.1, 0.15) is 33.6 Å². The monoisotopic (exact) mass is 260 g/mol. The van der Waals surface area contributed by atoms with Crippen LogP contribution in [0.15, 0.2) is 0 Å². The molecule has 0 aromatic carbocycles. The van der Waals surface area contributed by atoms with Crippen LogP contribution in [0.25, 0.3) is 0 Å². The highest BCUT2D eigenvalue weighted by atomic mass is 32.2. The molecule has 0 fully saturated rings. The van der Waals surface area contributed by atoms with Gasteiger partial charge < -0.3 is 10.2 Å². The molecule has 0 rings (SSSR count). The molecule has 100 valence electrons. The standard InChI is InChI=1S/C12H24N2O2S/c1-4-5-14-12(3,9-13)6-10(2)17-8-11(16)7-15/h10-11,14-16H,4-8H2,1-3H3. The molecule has 3 N–H and O–H groups in total. The number of nitrogens with one attached hydrogen (secondary N) is 1. The Balaban J connectivity index is 4.05. The molecule has 0 bridgehead atoms. The number of rotatable bonds is 9. The Hall–Kier alpha value is -0.280. The molecule has 4 nitrogen and oxygen atoms in total. The van der Waals surface area contributed by atoms with Crippen molar-refractivity contribution in [3.8, 4) is 6.07 Å². The van der Waals surface area contributed by atoms with Gasteiger partial charge in [0.05, 0.1) is 18.8 Å². The minimum Gasteiger partial charge on any atom is -0.394 e. The van der Waals surface area contributed by atoms with Crippen LogP contribution in [0.4, 0.5) is 0 Å². The number of hydrogen-bond acceptors (Lipinski definition) is 5. The van der Waals surface area contributed by atoms with E-state index in [9.17, 15) is 10.4 Å². The van der Waals surface area contributed by atoms with Crippen molar-refractivity contribution in [2.45, 2.75) is 50.5 Å². The van der Waals surface area contributed by atoms with Crippen molar-refractivity contribution < 1.29 is 10.2 Å². The Morgan fingerprint density at radius 3 is 2.65 bits per heavy atom. The third kappa shape index (κ3) is 7.61. The second-order valence-electron chi connectivity index (χ2n) is 4.56. The van der Waals surface area contributed by atoms with Crippen molar-refractivity contribution in [2.24, 2.45) is 0 Å². The average molecular weight is 260 g/mol. The van der Waals surface area contributed by atoms with Crippen LogP contribution in [0.2, 0.25) is 0 Å². The maximum absolute atomic E-state index is 9.25. The van der Waals surface area contributed by atoms with Crippen LogP contribution in [0, 0.1) is 11.3 Å². The fourth-order valence-corrected chi connectivity index (χ4v) is 2.63. The number of aliphatic hydroxyl groups excluding tert-OH is 2. The zero-order chi connectivity index (χ0) is 13.3. The summed E-state index contributed by atoms with van der Waals surface area (Å²) in [7, 11) is 0. The minimum absolute atomic E-state index is 0.205. The van der Waals surface area contributed by atoms with E-state index in [1.54, 1.807) is 11.8 Å². The lowest BCUT2D eigenvalue weighted by molar-refractivity contribution is 0.113. The molecule has 0 aromatic rings. The predicted molar refractivity (Wildman–Crippen MR) is 71.9 cm³/mol. The second-order valence-corrected chi connectivity index (χ2v) is 6.03. The van der Waals surface area contributed by atoms with Crippen molar-refractivity contribution in [1.29, 1.82) is 5.26 Å². The predicted octanol–water partition coefficient (Wildman–Crippen LogP) is 1.13. The molecular formula is C12H24N2O2S. The zero-order valence-electron chi connectivity index (χ0n) is 10.9. The molecule has 0 aliphatic carbocycles. The summed E-state index contributed by atoms with van der Waals surface area (Å²) in [4.78, 5) is 0. The highest BCUT2D eigenvalue weighted by molar-refractivity contribution is 7.99. The molecule has 0 aromatic heterocycles. The van der Waals surface area contributed by atoms with Gasteiger partial charge in [-0.3, -0.25) is 5.32 Å². The first-order chi connectivity index (χ1) is 7.97. The van der Waals surface area contributed by atoms with E-state index < -0.39 is 11.6 Å². The maximum Gasteiger partial charge on any atom is 0.104 e. The lowest BCUT2D eigenvalue weighted by Gasteiger charge is -2.26. The molecule has 0 radical (unpaired) electrons. The average Bonchev–Trinajstić information content (AvgIpc) is 2.33. The normalized spacial score (nSPS) is 18.1. The first-order valence-electron chi connectivity index (χ1n) is 6.04. The Morgan fingerprint density at radius 2 is 2.18 bits per heavy atom. The van der Waals surface area contributed by atoms with E-state index in [-0.39, 0.29) is 11.9 Å². The van der Waals surface area contributed by atoms with Crippen molar-refractivity contribution >= 4 is 11.8 Å². The van der Waals surface area contributed by atoms with E-state index in [1.807, 2.05) is 13.8 Å². The van der Waals surface area contributed by atoms with Crippen molar-refractivity contribution in [3.63, 3.8) is 0 Å². The van der Waals surface area contributed by atoms with Crippen LogP contribution in [-0.2, 0) is 0 Å². The molecule has 0 saturated carbocycles. The maximum atomic E-state index is 9.25. The third-order valence-electron chi connectivity index (χ3n) is 2.49. The van der Waals surface area contributed by atoms with Gasteiger partial charge in [-0.25, -0.2) is 0 Å². The lowest BCUT2D eigenvalue weighted by atomic mass is 9.98. The zero-order valence-corrected chi connectivity index (χ0v) is 11.8. The Labute approximate surface area is 108 Å². The van der Waals surface area contributed by atoms with E-state index in [4.69, 9.17) is 5.11 Å². The fourth-order valence-electron chi connectivity index (χ4n) is 1.52. The topological polar surface area (TPSA) is 76.3 Å². The second kappa shape index (κ2) is 8.76. The molecule has 3 unspecified atom stereocenters. The largest absolute Gasteiger partial charge is 0.394 e. The first kappa shape index (κ1) is 16.7. The van der Waals surface area contributed by atoms with E-state index in [0.29, 0.717) is 5.75 Å². The van der Waals surface area contributed by atoms with E-state index in [1.165, 1.54) is 0 Å². The smallest absolute Gasteiger partial charge is 0.104 e. The fraction of sp³-hybridized carbons (Fsp3) is 0.917. The SMILES string of the molecule is CCCNC(C)(C#N)CC(C)SCC(O)CO. The highest BCUT2D eigenvalue weighted by Gasteiger charge is 2.25. The number of hydrogen-bond donors (Lipinski definition) is 3. The molecule has 17 heavy (non-hydrogen) atoms. The van der Waals surface area contributed by atoms with E-state index in [0.717, 1.165) is 19.4 Å². The molecule has 0 spiro atoms. The van der Waals surface area contributed by atoms with Gasteiger partial charge in [0.2, 0.25) is 0 Å². The Morgan fingerprint density at radius 1 is 1.53 bits per heavy atom. The van der Waals surface area contributed by atoms with Crippen molar-refractivity contribution in [2.75, 3.05) is 18.9 Å². The molecule has 0 aliphatic rings. The first-order valence-corrected chi connectivity index (χ1v) is 7.09. The van der Waals surface area contributed by atoms with Crippen molar-refractivity contribution in [1.82, 2.24) is 5.32 Å². The van der Waals surface area contributed by atoms with Gasteiger partial charge in [0.1, 0.15) is 5.54 Å². The minimum atomic E-state index is -0.667. The summed E-state index contributed by atoms with van der Waals surface area (Å²) in [6, 6.07) is 2.31. The summed E-state index contributed by atoms with van der Waals surface area (Å²) in [6.45, 7) is 6.64. The third-order valence-corrected chi connectivity index (χ3v) is 3.80. The number of nitrogens with zero attached hydrogens (tertiary/aromatic N) is 1. The van der Waals surface area contributed by atoms with Crippen LogP contribution >= 0.6 is 11.8 Å². The van der Waals surface area contributed by atoms with E-state index >= 15 is 0 Å². The summed E-state index contributed by atoms with van der Waals surface area (Å²) < 4.78 is 0. The number of aliphatic hydroxyl groups is 2. The van der Waals surface area contributed by atoms with Gasteiger partial charge >= 0.3 is 0 Å². The summed E-state index contributed by atoms with van der Waals surface area (Å²) in [5.41, 5.74) is -0.507. The van der Waals surface area contributed by atoms with Crippen molar-refractivity contribution in [3.05, 3.63) is 0 Å². The van der Waals surface area contributed by atoms with Gasteiger partial charge in [0.25, 0.3) is 0 Å². The number of thioether (sulfide) groups is 1. The quantitative estimate of drug-likeness (QED) is 0.579. The molecule has 0 amide bonds. The molecule has 0 aliphatic heterocycles. The van der Waals surface area contributed by atoms with Gasteiger partial charge in [-0.1, -0.05) is 13.8 Å². The molecule has 0 heterocycles. The molecule has 3 atom stereocenters. The van der Waals surface area contributed by atoms with Gasteiger partial charge in [-0.05, 0) is 26.3 Å². The summed E-state index contributed by atoms with van der Waals surface area (Å²) >= 11 is 1.58. The van der Waals surface area contributed by atoms with Crippen LogP contribution < -0.4 is 5.32 Å². The lowest BCUT2D eigenvalue weighted by Crippen LogP contribution is -2.43. The van der Waals surface area contributed by atoms with Crippen LogP contribution in [-0.4, -0.2) is 46.0 Å². The van der Waals surface area contributed by atoms with Gasteiger partial charge in [-0.2, -0.15) is 17.0 Å². The molecular weight excluding hydrogens is 236 g/mol.